The number of para-hydroxylation sites is 1. The molecule has 0 saturated heterocycles. The molecule has 2 aliphatic rings. The van der Waals surface area contributed by atoms with Crippen LogP contribution in [0.5, 0.6) is 5.75 Å². The zero-order valence-corrected chi connectivity index (χ0v) is 15.8. The second-order valence-electron chi connectivity index (χ2n) is 7.33. The molecule has 1 spiro atoms. The topological polar surface area (TPSA) is 48.9 Å². The zero-order chi connectivity index (χ0) is 17.7. The Morgan fingerprint density at radius 2 is 2.08 bits per heavy atom. The molecular formula is C20H32N4O. The number of nitrogens with zero attached hydrogens (tertiary/aromatic N) is 2. The van der Waals surface area contributed by atoms with Crippen molar-refractivity contribution in [3.63, 3.8) is 0 Å². The van der Waals surface area contributed by atoms with Crippen LogP contribution in [-0.2, 0) is 0 Å². The number of nitrogens with one attached hydrogen (secondary N) is 2. The summed E-state index contributed by atoms with van der Waals surface area (Å²) in [6.07, 6.45) is 5.87. The monoisotopic (exact) mass is 344 g/mol. The van der Waals surface area contributed by atoms with Crippen molar-refractivity contribution in [3.8, 4) is 5.75 Å². The largest absolute Gasteiger partial charge is 0.487 e. The third kappa shape index (κ3) is 4.27. The minimum Gasteiger partial charge on any atom is -0.487 e. The Labute approximate surface area is 151 Å². The molecule has 1 fully saturated rings. The fourth-order valence-electron chi connectivity index (χ4n) is 3.96. The summed E-state index contributed by atoms with van der Waals surface area (Å²) in [5.41, 5.74) is 1.25. The highest BCUT2D eigenvalue weighted by Gasteiger charge is 2.43. The van der Waals surface area contributed by atoms with Gasteiger partial charge in [0.1, 0.15) is 11.4 Å². The predicted octanol–water partition coefficient (Wildman–Crippen LogP) is 2.94. The van der Waals surface area contributed by atoms with Gasteiger partial charge in [0.15, 0.2) is 5.96 Å². The van der Waals surface area contributed by atoms with Crippen LogP contribution in [0.1, 0.15) is 50.6 Å². The van der Waals surface area contributed by atoms with Gasteiger partial charge in [-0.1, -0.05) is 25.1 Å². The van der Waals surface area contributed by atoms with Crippen LogP contribution < -0.4 is 15.4 Å². The van der Waals surface area contributed by atoms with E-state index < -0.39 is 0 Å². The van der Waals surface area contributed by atoms with Gasteiger partial charge in [-0.25, -0.2) is 0 Å². The molecule has 1 saturated carbocycles. The Morgan fingerprint density at radius 1 is 1.32 bits per heavy atom. The van der Waals surface area contributed by atoms with E-state index >= 15 is 0 Å². The minimum absolute atomic E-state index is 0.00724. The van der Waals surface area contributed by atoms with Crippen molar-refractivity contribution in [2.24, 2.45) is 4.99 Å². The highest BCUT2D eigenvalue weighted by Crippen LogP contribution is 2.46. The molecule has 1 heterocycles. The average Bonchev–Trinajstić information content (AvgIpc) is 3.07. The fraction of sp³-hybridized carbons (Fsp3) is 0.650. The lowest BCUT2D eigenvalue weighted by molar-refractivity contribution is 0.0396. The van der Waals surface area contributed by atoms with Crippen molar-refractivity contribution in [2.45, 2.75) is 50.7 Å². The molecule has 2 N–H and O–H groups in total. The van der Waals surface area contributed by atoms with Crippen molar-refractivity contribution < 1.29 is 4.74 Å². The molecule has 1 aliphatic carbocycles. The van der Waals surface area contributed by atoms with E-state index in [1.165, 1.54) is 18.4 Å². The number of aliphatic imine (C=N–C) groups is 1. The molecule has 5 heteroatoms. The zero-order valence-electron chi connectivity index (χ0n) is 15.8. The van der Waals surface area contributed by atoms with E-state index in [-0.39, 0.29) is 11.6 Å². The normalized spacial score (nSPS) is 21.9. The SMILES string of the molecule is CCN(C)CCNC(=NC)NC1CC2(CCCC2)Oc2ccccc21. The number of hydrogen-bond acceptors (Lipinski definition) is 3. The van der Waals surface area contributed by atoms with E-state index in [2.05, 4.69) is 58.8 Å². The third-order valence-corrected chi connectivity index (χ3v) is 5.57. The highest BCUT2D eigenvalue weighted by atomic mass is 16.5. The number of ether oxygens (including phenoxy) is 1. The smallest absolute Gasteiger partial charge is 0.191 e. The van der Waals surface area contributed by atoms with Crippen LogP contribution in [0.25, 0.3) is 0 Å². The molecule has 1 atom stereocenters. The summed E-state index contributed by atoms with van der Waals surface area (Å²) in [5.74, 6) is 1.91. The Hall–Kier alpha value is -1.75. The average molecular weight is 345 g/mol. The van der Waals surface area contributed by atoms with Gasteiger partial charge in [-0.05, 0) is 45.3 Å². The van der Waals surface area contributed by atoms with Gasteiger partial charge in [0.05, 0.1) is 6.04 Å². The molecule has 1 aromatic rings. The van der Waals surface area contributed by atoms with Gasteiger partial charge < -0.3 is 20.3 Å². The first kappa shape index (κ1) is 18.1. The Morgan fingerprint density at radius 3 is 2.80 bits per heavy atom. The summed E-state index contributed by atoms with van der Waals surface area (Å²) in [4.78, 5) is 6.72. The quantitative estimate of drug-likeness (QED) is 0.637. The van der Waals surface area contributed by atoms with E-state index in [0.29, 0.717) is 0 Å². The molecule has 25 heavy (non-hydrogen) atoms. The summed E-state index contributed by atoms with van der Waals surface area (Å²) < 4.78 is 6.45. The predicted molar refractivity (Wildman–Crippen MR) is 103 cm³/mol. The first-order chi connectivity index (χ1) is 12.2. The summed E-state index contributed by atoms with van der Waals surface area (Å²) in [6, 6.07) is 8.69. The maximum atomic E-state index is 6.45. The van der Waals surface area contributed by atoms with Crippen LogP contribution in [0.4, 0.5) is 0 Å². The van der Waals surface area contributed by atoms with Gasteiger partial charge in [-0.2, -0.15) is 0 Å². The van der Waals surface area contributed by atoms with E-state index in [9.17, 15) is 0 Å². The Kier molecular flexibility index (Phi) is 5.84. The van der Waals surface area contributed by atoms with Crippen molar-refractivity contribution in [2.75, 3.05) is 33.7 Å². The molecule has 0 bridgehead atoms. The highest BCUT2D eigenvalue weighted by molar-refractivity contribution is 5.80. The van der Waals surface area contributed by atoms with Crippen molar-refractivity contribution >= 4 is 5.96 Å². The number of likely N-dealkylation sites (N-methyl/N-ethyl adjacent to an activating group) is 1. The lowest BCUT2D eigenvalue weighted by atomic mass is 9.86. The molecule has 1 aromatic carbocycles. The van der Waals surface area contributed by atoms with Crippen LogP contribution in [0.2, 0.25) is 0 Å². The standard InChI is InChI=1S/C20H32N4O/c1-4-24(3)14-13-22-19(21-2)23-17-15-20(11-7-8-12-20)25-18-10-6-5-9-16(17)18/h5-6,9-10,17H,4,7-8,11-15H2,1-3H3,(H2,21,22,23). The summed E-state index contributed by atoms with van der Waals surface area (Å²) in [7, 11) is 3.98. The third-order valence-electron chi connectivity index (χ3n) is 5.57. The summed E-state index contributed by atoms with van der Waals surface area (Å²) in [6.45, 7) is 5.13. The molecular weight excluding hydrogens is 312 g/mol. The maximum absolute atomic E-state index is 6.45. The van der Waals surface area contributed by atoms with Crippen molar-refractivity contribution in [3.05, 3.63) is 29.8 Å². The van der Waals surface area contributed by atoms with Crippen LogP contribution >= 0.6 is 0 Å². The van der Waals surface area contributed by atoms with Gasteiger partial charge in [0.25, 0.3) is 0 Å². The van der Waals surface area contributed by atoms with Gasteiger partial charge in [0.2, 0.25) is 0 Å². The van der Waals surface area contributed by atoms with Gasteiger partial charge in [0, 0.05) is 32.1 Å². The number of benzene rings is 1. The van der Waals surface area contributed by atoms with E-state index in [1.54, 1.807) is 0 Å². The van der Waals surface area contributed by atoms with Crippen molar-refractivity contribution in [1.29, 1.82) is 0 Å². The van der Waals surface area contributed by atoms with Gasteiger partial charge in [-0.15, -0.1) is 0 Å². The first-order valence-electron chi connectivity index (χ1n) is 9.59. The van der Waals surface area contributed by atoms with E-state index in [1.807, 2.05) is 7.05 Å². The lowest BCUT2D eigenvalue weighted by Crippen LogP contribution is -2.47. The van der Waals surface area contributed by atoms with Crippen LogP contribution in [-0.4, -0.2) is 50.2 Å². The van der Waals surface area contributed by atoms with Crippen LogP contribution in [0.3, 0.4) is 0 Å². The second kappa shape index (κ2) is 8.09. The Balaban J connectivity index is 1.69. The number of fused-ring (bicyclic) bond motifs is 1. The van der Waals surface area contributed by atoms with Crippen LogP contribution in [0.15, 0.2) is 29.3 Å². The fourth-order valence-corrected chi connectivity index (χ4v) is 3.96. The van der Waals surface area contributed by atoms with Crippen molar-refractivity contribution in [1.82, 2.24) is 15.5 Å². The van der Waals surface area contributed by atoms with Gasteiger partial charge >= 0.3 is 0 Å². The maximum Gasteiger partial charge on any atom is 0.191 e. The van der Waals surface area contributed by atoms with Gasteiger partial charge in [-0.3, -0.25) is 4.99 Å². The molecule has 5 nitrogen and oxygen atoms in total. The molecule has 0 aromatic heterocycles. The minimum atomic E-state index is 0.00724. The molecule has 1 aliphatic heterocycles. The number of guanidine groups is 1. The molecule has 0 amide bonds. The second-order valence-corrected chi connectivity index (χ2v) is 7.33. The molecule has 3 rings (SSSR count). The van der Waals surface area contributed by atoms with E-state index in [4.69, 9.17) is 4.74 Å². The van der Waals surface area contributed by atoms with E-state index in [0.717, 1.165) is 50.6 Å². The molecule has 1 unspecified atom stereocenters. The molecule has 138 valence electrons. The summed E-state index contributed by atoms with van der Waals surface area (Å²) >= 11 is 0. The summed E-state index contributed by atoms with van der Waals surface area (Å²) in [5, 5.41) is 7.09. The first-order valence-corrected chi connectivity index (χ1v) is 9.59. The number of hydrogen-bond donors (Lipinski definition) is 2. The molecule has 0 radical (unpaired) electrons. The number of rotatable bonds is 5. The van der Waals surface area contributed by atoms with Crippen LogP contribution in [0, 0.1) is 0 Å². The Bertz CT molecular complexity index is 595. The lowest BCUT2D eigenvalue weighted by Gasteiger charge is -2.40.